The second-order valence-electron chi connectivity index (χ2n) is 5.53. The van der Waals surface area contributed by atoms with Gasteiger partial charge in [0.15, 0.2) is 6.61 Å². The van der Waals surface area contributed by atoms with Crippen molar-refractivity contribution in [1.29, 1.82) is 0 Å². The van der Waals surface area contributed by atoms with Crippen LogP contribution in [0, 0.1) is 0 Å². The summed E-state index contributed by atoms with van der Waals surface area (Å²) in [7, 11) is 0. The molecule has 4 heteroatoms. The maximum Gasteiger partial charge on any atom is 0.344 e. The van der Waals surface area contributed by atoms with Gasteiger partial charge < -0.3 is 9.47 Å². The van der Waals surface area contributed by atoms with Crippen LogP contribution in [-0.4, -0.2) is 18.2 Å². The summed E-state index contributed by atoms with van der Waals surface area (Å²) < 4.78 is 11.7. The van der Waals surface area contributed by atoms with E-state index < -0.39 is 5.60 Å². The number of carbonyl (C=O) groups excluding carboxylic acids is 1. The first-order valence-corrected chi connectivity index (χ1v) is 7.17. The molecule has 0 aliphatic carbocycles. The molecule has 0 spiro atoms. The van der Waals surface area contributed by atoms with E-state index in [4.69, 9.17) is 9.47 Å². The maximum atomic E-state index is 11.6. The quantitative estimate of drug-likeness (QED) is 0.783. The van der Waals surface area contributed by atoms with Gasteiger partial charge in [-0.3, -0.25) is 0 Å². The van der Waals surface area contributed by atoms with Crippen LogP contribution in [0.1, 0.15) is 20.8 Å². The van der Waals surface area contributed by atoms with Crippen LogP contribution in [-0.2, 0) is 9.53 Å². The monoisotopic (exact) mass is 336 g/mol. The van der Waals surface area contributed by atoms with Crippen molar-refractivity contribution in [1.82, 2.24) is 0 Å². The molecule has 0 amide bonds. The van der Waals surface area contributed by atoms with Crippen molar-refractivity contribution in [2.75, 3.05) is 6.61 Å². The van der Waals surface area contributed by atoms with E-state index in [1.807, 2.05) is 57.2 Å². The normalized spacial score (nSPS) is 11.4. The van der Waals surface area contributed by atoms with E-state index in [-0.39, 0.29) is 12.6 Å². The van der Waals surface area contributed by atoms with Gasteiger partial charge >= 0.3 is 5.97 Å². The first-order chi connectivity index (χ1) is 9.33. The van der Waals surface area contributed by atoms with E-state index >= 15 is 0 Å². The van der Waals surface area contributed by atoms with Gasteiger partial charge in [0, 0.05) is 4.47 Å². The second kappa shape index (κ2) is 5.83. The fourth-order valence-electron chi connectivity index (χ4n) is 1.80. The molecule has 0 atom stereocenters. The summed E-state index contributed by atoms with van der Waals surface area (Å²) in [5.74, 6) is 0.285. The van der Waals surface area contributed by atoms with Gasteiger partial charge in [0.05, 0.1) is 0 Å². The van der Waals surface area contributed by atoms with Crippen molar-refractivity contribution < 1.29 is 14.3 Å². The summed E-state index contributed by atoms with van der Waals surface area (Å²) in [6.45, 7) is 5.41. The lowest BCUT2D eigenvalue weighted by molar-refractivity contribution is -0.157. The number of halogens is 1. The smallest absolute Gasteiger partial charge is 0.344 e. The third-order valence-corrected chi connectivity index (χ3v) is 3.04. The number of esters is 1. The minimum absolute atomic E-state index is 0.0865. The van der Waals surface area contributed by atoms with Crippen LogP contribution in [0.15, 0.2) is 40.9 Å². The molecular formula is C16H17BrO3. The fraction of sp³-hybridized carbons (Fsp3) is 0.312. The highest BCUT2D eigenvalue weighted by Gasteiger charge is 2.16. The van der Waals surface area contributed by atoms with Crippen LogP contribution in [0.25, 0.3) is 10.8 Å². The number of ether oxygens (including phenoxy) is 2. The molecule has 106 valence electrons. The molecule has 0 unspecified atom stereocenters. The van der Waals surface area contributed by atoms with Gasteiger partial charge in [0.1, 0.15) is 11.4 Å². The zero-order valence-corrected chi connectivity index (χ0v) is 13.4. The Morgan fingerprint density at radius 2 is 1.80 bits per heavy atom. The first-order valence-electron chi connectivity index (χ1n) is 6.37. The molecule has 0 saturated heterocycles. The summed E-state index contributed by atoms with van der Waals surface area (Å²) in [6.07, 6.45) is 0. The predicted octanol–water partition coefficient (Wildman–Crippen LogP) is 4.32. The highest BCUT2D eigenvalue weighted by Crippen LogP contribution is 2.24. The lowest BCUT2D eigenvalue weighted by atomic mass is 10.1. The van der Waals surface area contributed by atoms with Crippen molar-refractivity contribution >= 4 is 32.7 Å². The molecule has 2 rings (SSSR count). The molecule has 0 N–H and O–H groups in total. The summed E-state index contributed by atoms with van der Waals surface area (Å²) in [6, 6.07) is 11.7. The maximum absolute atomic E-state index is 11.6. The molecule has 0 aliphatic heterocycles. The molecule has 20 heavy (non-hydrogen) atoms. The molecule has 0 heterocycles. The number of hydrogen-bond donors (Lipinski definition) is 0. The lowest BCUT2D eigenvalue weighted by Gasteiger charge is -2.19. The SMILES string of the molecule is CC(C)(C)OC(=O)COc1ccc2ccc(Br)cc2c1. The topological polar surface area (TPSA) is 35.5 Å². The Morgan fingerprint density at radius 1 is 1.10 bits per heavy atom. The Balaban J connectivity index is 2.05. The zero-order chi connectivity index (χ0) is 14.8. The van der Waals surface area contributed by atoms with Crippen LogP contribution < -0.4 is 4.74 Å². The zero-order valence-electron chi connectivity index (χ0n) is 11.8. The summed E-state index contributed by atoms with van der Waals surface area (Å²) in [5, 5.41) is 2.18. The van der Waals surface area contributed by atoms with Gasteiger partial charge in [-0.25, -0.2) is 4.79 Å². The Kier molecular flexibility index (Phi) is 4.33. The van der Waals surface area contributed by atoms with Crippen LogP contribution in [0.2, 0.25) is 0 Å². The van der Waals surface area contributed by atoms with Crippen LogP contribution in [0.3, 0.4) is 0 Å². The van der Waals surface area contributed by atoms with Gasteiger partial charge in [-0.1, -0.05) is 28.1 Å². The van der Waals surface area contributed by atoms with Crippen LogP contribution >= 0.6 is 15.9 Å². The second-order valence-corrected chi connectivity index (χ2v) is 6.44. The van der Waals surface area contributed by atoms with Gasteiger partial charge in [0.2, 0.25) is 0 Å². The predicted molar refractivity (Wildman–Crippen MR) is 83.0 cm³/mol. The minimum atomic E-state index is -0.491. The Labute approximate surface area is 127 Å². The van der Waals surface area contributed by atoms with E-state index in [2.05, 4.69) is 15.9 Å². The van der Waals surface area contributed by atoms with Crippen LogP contribution in [0.4, 0.5) is 0 Å². The summed E-state index contributed by atoms with van der Waals surface area (Å²) in [5.41, 5.74) is -0.491. The van der Waals surface area contributed by atoms with E-state index in [0.717, 1.165) is 15.2 Å². The van der Waals surface area contributed by atoms with E-state index in [1.165, 1.54) is 0 Å². The summed E-state index contributed by atoms with van der Waals surface area (Å²) >= 11 is 3.44. The number of rotatable bonds is 3. The Bertz CT molecular complexity index is 629. The molecule has 0 aromatic heterocycles. The average molecular weight is 337 g/mol. The average Bonchev–Trinajstić information content (AvgIpc) is 2.33. The molecule has 0 fully saturated rings. The highest BCUT2D eigenvalue weighted by molar-refractivity contribution is 9.10. The summed E-state index contributed by atoms with van der Waals surface area (Å²) in [4.78, 5) is 11.6. The highest BCUT2D eigenvalue weighted by atomic mass is 79.9. The van der Waals surface area contributed by atoms with Gasteiger partial charge in [0.25, 0.3) is 0 Å². The molecule has 2 aromatic carbocycles. The molecule has 3 nitrogen and oxygen atoms in total. The standard InChI is InChI=1S/C16H17BrO3/c1-16(2,3)20-15(18)10-19-14-7-5-11-4-6-13(17)8-12(11)9-14/h4-9H,10H2,1-3H3. The Morgan fingerprint density at radius 3 is 2.50 bits per heavy atom. The third-order valence-electron chi connectivity index (χ3n) is 2.55. The lowest BCUT2D eigenvalue weighted by Crippen LogP contribution is -2.27. The van der Waals surface area contributed by atoms with Crippen LogP contribution in [0.5, 0.6) is 5.75 Å². The largest absolute Gasteiger partial charge is 0.482 e. The molecule has 0 radical (unpaired) electrons. The van der Waals surface area contributed by atoms with Crippen molar-refractivity contribution in [3.63, 3.8) is 0 Å². The third kappa shape index (κ3) is 4.23. The van der Waals surface area contributed by atoms with Crippen molar-refractivity contribution in [3.8, 4) is 5.75 Å². The van der Waals surface area contributed by atoms with E-state index in [1.54, 1.807) is 0 Å². The molecular weight excluding hydrogens is 320 g/mol. The molecule has 0 bridgehead atoms. The molecule has 0 saturated carbocycles. The van der Waals surface area contributed by atoms with Gasteiger partial charge in [-0.15, -0.1) is 0 Å². The number of fused-ring (bicyclic) bond motifs is 1. The minimum Gasteiger partial charge on any atom is -0.482 e. The number of benzene rings is 2. The fourth-order valence-corrected chi connectivity index (χ4v) is 2.18. The van der Waals surface area contributed by atoms with Crippen molar-refractivity contribution in [2.45, 2.75) is 26.4 Å². The van der Waals surface area contributed by atoms with E-state index in [9.17, 15) is 4.79 Å². The number of hydrogen-bond acceptors (Lipinski definition) is 3. The van der Waals surface area contributed by atoms with Crippen molar-refractivity contribution in [2.24, 2.45) is 0 Å². The van der Waals surface area contributed by atoms with Gasteiger partial charge in [-0.05, 0) is 55.8 Å². The molecule has 0 aliphatic rings. The van der Waals surface area contributed by atoms with Gasteiger partial charge in [-0.2, -0.15) is 0 Å². The molecule has 2 aromatic rings. The first kappa shape index (κ1) is 14.9. The Hall–Kier alpha value is -1.55. The van der Waals surface area contributed by atoms with Crippen molar-refractivity contribution in [3.05, 3.63) is 40.9 Å². The van der Waals surface area contributed by atoms with E-state index in [0.29, 0.717) is 5.75 Å². The number of carbonyl (C=O) groups is 1.